The molecule has 1 unspecified atom stereocenters. The minimum atomic E-state index is -0.187. The summed E-state index contributed by atoms with van der Waals surface area (Å²) in [7, 11) is 1.91. The molecule has 0 fully saturated rings. The molecule has 3 nitrogen and oxygen atoms in total. The molecule has 0 radical (unpaired) electrons. The lowest BCUT2D eigenvalue weighted by atomic mass is 9.95. The molecular weight excluding hydrogens is 265 g/mol. The number of hydrogen-bond acceptors (Lipinski definition) is 2. The van der Waals surface area contributed by atoms with Crippen LogP contribution in [0.2, 0.25) is 0 Å². The predicted molar refractivity (Wildman–Crippen MR) is 82.7 cm³/mol. The predicted octanol–water partition coefficient (Wildman–Crippen LogP) is 3.50. The second-order valence-corrected chi connectivity index (χ2v) is 5.03. The van der Waals surface area contributed by atoms with Gasteiger partial charge in [-0.25, -0.2) is 4.39 Å². The number of halogens is 1. The maximum absolute atomic E-state index is 14.0. The molecule has 0 aliphatic carbocycles. The van der Waals surface area contributed by atoms with E-state index in [1.165, 1.54) is 6.07 Å². The molecule has 108 valence electrons. The molecule has 0 aliphatic rings. The number of rotatable bonds is 4. The number of benzene rings is 2. The summed E-state index contributed by atoms with van der Waals surface area (Å²) in [5, 5.41) is 9.22. The van der Waals surface area contributed by atoms with Crippen molar-refractivity contribution < 1.29 is 4.39 Å². The maximum atomic E-state index is 14.0. The van der Waals surface area contributed by atoms with Crippen molar-refractivity contribution in [3.05, 3.63) is 65.7 Å². The van der Waals surface area contributed by atoms with Crippen molar-refractivity contribution in [3.63, 3.8) is 0 Å². The number of nitrogens with zero attached hydrogens (tertiary/aromatic N) is 2. The Morgan fingerprint density at radius 2 is 1.95 bits per heavy atom. The van der Waals surface area contributed by atoms with Crippen molar-refractivity contribution >= 4 is 10.8 Å². The molecular formula is C17H18FN3. The van der Waals surface area contributed by atoms with Crippen LogP contribution in [0.3, 0.4) is 0 Å². The molecule has 1 aromatic heterocycles. The molecule has 0 aliphatic heterocycles. The Labute approximate surface area is 123 Å². The van der Waals surface area contributed by atoms with Crippen LogP contribution < -0.4 is 5.32 Å². The Balaban J connectivity index is 2.15. The van der Waals surface area contributed by atoms with E-state index in [9.17, 15) is 4.39 Å². The van der Waals surface area contributed by atoms with E-state index in [2.05, 4.69) is 17.3 Å². The van der Waals surface area contributed by atoms with Gasteiger partial charge in [0.15, 0.2) is 0 Å². The first-order valence-electron chi connectivity index (χ1n) is 7.11. The summed E-state index contributed by atoms with van der Waals surface area (Å²) in [6, 6.07) is 11.0. The standard InChI is InChI=1S/C17H18FN3/c1-3-21-11-12(10-20-21)17(19-2)15-8-9-16(18)14-7-5-4-6-13(14)15/h4-11,17,19H,3H2,1-2H3. The van der Waals surface area contributed by atoms with Crippen molar-refractivity contribution in [1.29, 1.82) is 0 Å². The van der Waals surface area contributed by atoms with Crippen LogP contribution in [0, 0.1) is 5.82 Å². The fourth-order valence-corrected chi connectivity index (χ4v) is 2.74. The molecule has 1 heterocycles. The summed E-state index contributed by atoms with van der Waals surface area (Å²) in [6.45, 7) is 2.89. The molecule has 0 saturated carbocycles. The van der Waals surface area contributed by atoms with Crippen LogP contribution in [0.5, 0.6) is 0 Å². The number of fused-ring (bicyclic) bond motifs is 1. The highest BCUT2D eigenvalue weighted by Crippen LogP contribution is 2.30. The third-order valence-corrected chi connectivity index (χ3v) is 3.81. The van der Waals surface area contributed by atoms with Gasteiger partial charge in [-0.05, 0) is 31.0 Å². The lowest BCUT2D eigenvalue weighted by molar-refractivity contribution is 0.636. The van der Waals surface area contributed by atoms with E-state index in [1.807, 2.05) is 54.5 Å². The Kier molecular flexibility index (Phi) is 3.71. The van der Waals surface area contributed by atoms with E-state index in [0.29, 0.717) is 5.39 Å². The third kappa shape index (κ3) is 2.43. The van der Waals surface area contributed by atoms with Gasteiger partial charge in [-0.15, -0.1) is 0 Å². The van der Waals surface area contributed by atoms with E-state index < -0.39 is 0 Å². The SMILES string of the molecule is CCn1cc(C(NC)c2ccc(F)c3ccccc23)cn1. The fourth-order valence-electron chi connectivity index (χ4n) is 2.74. The molecule has 0 bridgehead atoms. The minimum Gasteiger partial charge on any atom is -0.309 e. The molecule has 3 rings (SSSR count). The lowest BCUT2D eigenvalue weighted by Gasteiger charge is -2.17. The average Bonchev–Trinajstić information content (AvgIpc) is 2.99. The maximum Gasteiger partial charge on any atom is 0.131 e. The highest BCUT2D eigenvalue weighted by Gasteiger charge is 2.17. The molecule has 0 amide bonds. The molecule has 4 heteroatoms. The summed E-state index contributed by atoms with van der Waals surface area (Å²) >= 11 is 0. The van der Waals surface area contributed by atoms with Crippen molar-refractivity contribution in [2.75, 3.05) is 7.05 Å². The van der Waals surface area contributed by atoms with Gasteiger partial charge in [0.1, 0.15) is 5.82 Å². The Morgan fingerprint density at radius 3 is 2.62 bits per heavy atom. The van der Waals surface area contributed by atoms with Crippen molar-refractivity contribution in [2.45, 2.75) is 19.5 Å². The normalized spacial score (nSPS) is 12.7. The highest BCUT2D eigenvalue weighted by atomic mass is 19.1. The Bertz CT molecular complexity index is 764. The number of aromatic nitrogens is 2. The van der Waals surface area contributed by atoms with E-state index in [4.69, 9.17) is 0 Å². The van der Waals surface area contributed by atoms with Gasteiger partial charge >= 0.3 is 0 Å². The van der Waals surface area contributed by atoms with Crippen LogP contribution in [0.15, 0.2) is 48.8 Å². The van der Waals surface area contributed by atoms with Gasteiger partial charge in [0.05, 0.1) is 12.2 Å². The molecule has 0 saturated heterocycles. The zero-order valence-electron chi connectivity index (χ0n) is 12.2. The van der Waals surface area contributed by atoms with Gasteiger partial charge in [-0.3, -0.25) is 4.68 Å². The van der Waals surface area contributed by atoms with Gasteiger partial charge in [0.2, 0.25) is 0 Å². The summed E-state index contributed by atoms with van der Waals surface area (Å²) in [4.78, 5) is 0. The van der Waals surface area contributed by atoms with Gasteiger partial charge in [0.25, 0.3) is 0 Å². The topological polar surface area (TPSA) is 29.9 Å². The van der Waals surface area contributed by atoms with Crippen LogP contribution in [-0.4, -0.2) is 16.8 Å². The summed E-state index contributed by atoms with van der Waals surface area (Å²) in [5.74, 6) is -0.187. The van der Waals surface area contributed by atoms with Crippen LogP contribution in [0.1, 0.15) is 24.1 Å². The first-order chi connectivity index (χ1) is 10.2. The fraction of sp³-hybridized carbons (Fsp3) is 0.235. The van der Waals surface area contributed by atoms with Crippen LogP contribution in [0.25, 0.3) is 10.8 Å². The molecule has 21 heavy (non-hydrogen) atoms. The van der Waals surface area contributed by atoms with Gasteiger partial charge in [-0.2, -0.15) is 5.10 Å². The second kappa shape index (κ2) is 5.66. The van der Waals surface area contributed by atoms with Crippen LogP contribution in [0.4, 0.5) is 4.39 Å². The molecule has 3 aromatic rings. The van der Waals surface area contributed by atoms with Gasteiger partial charge < -0.3 is 5.32 Å². The van der Waals surface area contributed by atoms with Crippen LogP contribution in [-0.2, 0) is 6.54 Å². The third-order valence-electron chi connectivity index (χ3n) is 3.81. The zero-order valence-corrected chi connectivity index (χ0v) is 12.2. The first-order valence-corrected chi connectivity index (χ1v) is 7.11. The quantitative estimate of drug-likeness (QED) is 0.794. The van der Waals surface area contributed by atoms with Gasteiger partial charge in [-0.1, -0.05) is 30.3 Å². The largest absolute Gasteiger partial charge is 0.309 e. The molecule has 1 N–H and O–H groups in total. The smallest absolute Gasteiger partial charge is 0.131 e. The van der Waals surface area contributed by atoms with E-state index >= 15 is 0 Å². The van der Waals surface area contributed by atoms with E-state index in [0.717, 1.165) is 23.1 Å². The summed E-state index contributed by atoms with van der Waals surface area (Å²) < 4.78 is 15.9. The number of aryl methyl sites for hydroxylation is 1. The Morgan fingerprint density at radius 1 is 1.19 bits per heavy atom. The van der Waals surface area contributed by atoms with Crippen molar-refractivity contribution in [2.24, 2.45) is 0 Å². The molecule has 0 spiro atoms. The minimum absolute atomic E-state index is 0.00389. The highest BCUT2D eigenvalue weighted by molar-refractivity contribution is 5.87. The van der Waals surface area contributed by atoms with Gasteiger partial charge in [0, 0.05) is 23.7 Å². The molecule has 1 atom stereocenters. The summed E-state index contributed by atoms with van der Waals surface area (Å²) in [6.07, 6.45) is 3.89. The monoisotopic (exact) mass is 283 g/mol. The van der Waals surface area contributed by atoms with Crippen LogP contribution >= 0.6 is 0 Å². The number of hydrogen-bond donors (Lipinski definition) is 1. The lowest BCUT2D eigenvalue weighted by Crippen LogP contribution is -2.17. The number of nitrogens with one attached hydrogen (secondary N) is 1. The van der Waals surface area contributed by atoms with Crippen molar-refractivity contribution in [3.8, 4) is 0 Å². The summed E-state index contributed by atoms with van der Waals surface area (Å²) in [5.41, 5.74) is 2.14. The van der Waals surface area contributed by atoms with E-state index in [1.54, 1.807) is 0 Å². The average molecular weight is 283 g/mol. The molecule has 2 aromatic carbocycles. The Hall–Kier alpha value is -2.20. The second-order valence-electron chi connectivity index (χ2n) is 5.03. The van der Waals surface area contributed by atoms with E-state index in [-0.39, 0.29) is 11.9 Å². The first kappa shape index (κ1) is 13.8. The zero-order chi connectivity index (χ0) is 14.8. The van der Waals surface area contributed by atoms with Crippen molar-refractivity contribution in [1.82, 2.24) is 15.1 Å².